The van der Waals surface area contributed by atoms with Gasteiger partial charge >= 0.3 is 6.09 Å². The predicted octanol–water partition coefficient (Wildman–Crippen LogP) is 2.07. The van der Waals surface area contributed by atoms with Crippen LogP contribution in [0.2, 0.25) is 0 Å². The summed E-state index contributed by atoms with van der Waals surface area (Å²) in [6.45, 7) is 4.71. The number of carbonyl (C=O) groups excluding carboxylic acids is 1. The summed E-state index contributed by atoms with van der Waals surface area (Å²) in [5, 5.41) is 0. The van der Waals surface area contributed by atoms with Crippen molar-refractivity contribution in [1.82, 2.24) is 9.80 Å². The number of nitrogens with zero attached hydrogens (tertiary/aromatic N) is 2. The number of ether oxygens (including phenoxy) is 1. The van der Waals surface area contributed by atoms with E-state index < -0.39 is 0 Å². The first-order chi connectivity index (χ1) is 11.3. The molecular weight excluding hydrogens is 290 g/mol. The Hall–Kier alpha value is -1.59. The molecule has 23 heavy (non-hydrogen) atoms. The summed E-state index contributed by atoms with van der Waals surface area (Å²) in [4.78, 5) is 16.5. The lowest BCUT2D eigenvalue weighted by atomic mass is 10.1. The van der Waals surface area contributed by atoms with Crippen molar-refractivity contribution in [3.63, 3.8) is 0 Å². The van der Waals surface area contributed by atoms with Gasteiger partial charge in [-0.05, 0) is 30.7 Å². The minimum atomic E-state index is -0.187. The molecule has 0 aromatic heterocycles. The van der Waals surface area contributed by atoms with Gasteiger partial charge < -0.3 is 15.4 Å². The van der Waals surface area contributed by atoms with Crippen LogP contribution in [0.4, 0.5) is 4.79 Å². The molecule has 126 valence electrons. The van der Waals surface area contributed by atoms with Crippen LogP contribution in [-0.2, 0) is 11.3 Å². The van der Waals surface area contributed by atoms with Crippen molar-refractivity contribution >= 4 is 6.09 Å². The van der Waals surface area contributed by atoms with Gasteiger partial charge in [0.25, 0.3) is 0 Å². The Bertz CT molecular complexity index is 504. The first-order valence-corrected chi connectivity index (χ1v) is 8.66. The van der Waals surface area contributed by atoms with Crippen LogP contribution in [0, 0.1) is 5.92 Å². The number of rotatable bonds is 7. The highest BCUT2D eigenvalue weighted by Crippen LogP contribution is 2.29. The third-order valence-electron chi connectivity index (χ3n) is 4.72. The minimum Gasteiger partial charge on any atom is -0.445 e. The van der Waals surface area contributed by atoms with E-state index in [9.17, 15) is 4.79 Å². The third-order valence-corrected chi connectivity index (χ3v) is 4.72. The summed E-state index contributed by atoms with van der Waals surface area (Å²) >= 11 is 0. The summed E-state index contributed by atoms with van der Waals surface area (Å²) < 4.78 is 5.43. The van der Waals surface area contributed by atoms with E-state index in [1.165, 1.54) is 12.8 Å². The molecule has 1 aromatic carbocycles. The molecule has 1 aliphatic heterocycles. The van der Waals surface area contributed by atoms with Gasteiger partial charge in [0.1, 0.15) is 6.61 Å². The van der Waals surface area contributed by atoms with Crippen molar-refractivity contribution in [2.45, 2.75) is 31.9 Å². The molecule has 2 N–H and O–H groups in total. The maximum atomic E-state index is 12.2. The van der Waals surface area contributed by atoms with Crippen molar-refractivity contribution in [3.05, 3.63) is 35.9 Å². The molecule has 1 saturated heterocycles. The topological polar surface area (TPSA) is 58.8 Å². The fourth-order valence-electron chi connectivity index (χ4n) is 3.32. The largest absolute Gasteiger partial charge is 0.445 e. The number of hydrogen-bond acceptors (Lipinski definition) is 4. The summed E-state index contributed by atoms with van der Waals surface area (Å²) in [7, 11) is 0. The molecule has 5 heteroatoms. The molecule has 1 amide bonds. The van der Waals surface area contributed by atoms with Crippen molar-refractivity contribution in [2.75, 3.05) is 32.7 Å². The first-order valence-electron chi connectivity index (χ1n) is 8.66. The van der Waals surface area contributed by atoms with Crippen LogP contribution in [-0.4, -0.2) is 54.7 Å². The number of hydrogen-bond donors (Lipinski definition) is 1. The Morgan fingerprint density at radius 2 is 2.04 bits per heavy atom. The van der Waals surface area contributed by atoms with Gasteiger partial charge in [-0.2, -0.15) is 0 Å². The van der Waals surface area contributed by atoms with Crippen LogP contribution in [0.1, 0.15) is 24.8 Å². The molecule has 2 aliphatic rings. The highest BCUT2D eigenvalue weighted by Gasteiger charge is 2.33. The maximum absolute atomic E-state index is 12.2. The lowest BCUT2D eigenvalue weighted by molar-refractivity contribution is 0.102. The SMILES string of the molecule is NCCN(C[C@H]1CCN(C(=O)OCc2ccccc2)C1)C1CC1. The lowest BCUT2D eigenvalue weighted by Gasteiger charge is -2.24. The van der Waals surface area contributed by atoms with E-state index in [0.717, 1.165) is 44.2 Å². The smallest absolute Gasteiger partial charge is 0.410 e. The zero-order chi connectivity index (χ0) is 16.1. The molecule has 1 aromatic rings. The zero-order valence-corrected chi connectivity index (χ0v) is 13.7. The highest BCUT2D eigenvalue weighted by atomic mass is 16.6. The van der Waals surface area contributed by atoms with Gasteiger partial charge in [0, 0.05) is 38.8 Å². The third kappa shape index (κ3) is 4.69. The number of likely N-dealkylation sites (tertiary alicyclic amines) is 1. The van der Waals surface area contributed by atoms with Crippen LogP contribution < -0.4 is 5.73 Å². The second-order valence-electron chi connectivity index (χ2n) is 6.66. The Morgan fingerprint density at radius 1 is 1.26 bits per heavy atom. The molecular formula is C18H27N3O2. The minimum absolute atomic E-state index is 0.187. The second-order valence-corrected chi connectivity index (χ2v) is 6.66. The van der Waals surface area contributed by atoms with E-state index in [1.807, 2.05) is 35.2 Å². The molecule has 0 spiro atoms. The summed E-state index contributed by atoms with van der Waals surface area (Å²) in [5.74, 6) is 0.548. The molecule has 1 saturated carbocycles. The lowest BCUT2D eigenvalue weighted by Crippen LogP contribution is -2.37. The van der Waals surface area contributed by atoms with Gasteiger partial charge in [0.2, 0.25) is 0 Å². The van der Waals surface area contributed by atoms with E-state index in [4.69, 9.17) is 10.5 Å². The predicted molar refractivity (Wildman–Crippen MR) is 90.0 cm³/mol. The van der Waals surface area contributed by atoms with Gasteiger partial charge in [0.15, 0.2) is 0 Å². The summed E-state index contributed by atoms with van der Waals surface area (Å²) in [6, 6.07) is 10.6. The van der Waals surface area contributed by atoms with Crippen molar-refractivity contribution in [2.24, 2.45) is 11.7 Å². The van der Waals surface area contributed by atoms with E-state index in [1.54, 1.807) is 0 Å². The molecule has 5 nitrogen and oxygen atoms in total. The van der Waals surface area contributed by atoms with Gasteiger partial charge in [-0.15, -0.1) is 0 Å². The quantitative estimate of drug-likeness (QED) is 0.836. The molecule has 1 atom stereocenters. The molecule has 3 rings (SSSR count). The van der Waals surface area contributed by atoms with Gasteiger partial charge in [-0.3, -0.25) is 4.90 Å². The van der Waals surface area contributed by atoms with E-state index in [2.05, 4.69) is 4.90 Å². The van der Waals surface area contributed by atoms with Crippen molar-refractivity contribution in [1.29, 1.82) is 0 Å². The monoisotopic (exact) mass is 317 g/mol. The molecule has 0 radical (unpaired) electrons. The van der Waals surface area contributed by atoms with Gasteiger partial charge in [-0.25, -0.2) is 4.79 Å². The van der Waals surface area contributed by atoms with Crippen LogP contribution in [0.25, 0.3) is 0 Å². The highest BCUT2D eigenvalue weighted by molar-refractivity contribution is 5.68. The average Bonchev–Trinajstić information content (AvgIpc) is 3.32. The Labute approximate surface area is 138 Å². The summed E-state index contributed by atoms with van der Waals surface area (Å²) in [6.07, 6.45) is 3.48. The zero-order valence-electron chi connectivity index (χ0n) is 13.7. The Kier molecular flexibility index (Phi) is 5.51. The number of carbonyl (C=O) groups is 1. The average molecular weight is 317 g/mol. The number of nitrogens with two attached hydrogens (primary N) is 1. The van der Waals surface area contributed by atoms with Crippen LogP contribution in [0.15, 0.2) is 30.3 Å². The van der Waals surface area contributed by atoms with E-state index in [-0.39, 0.29) is 6.09 Å². The standard InChI is InChI=1S/C18H27N3O2/c19-9-11-20(17-6-7-17)12-16-8-10-21(13-16)18(22)23-14-15-4-2-1-3-5-15/h1-5,16-17H,6-14,19H2/t16-/m1/s1. The van der Waals surface area contributed by atoms with Gasteiger partial charge in [0.05, 0.1) is 0 Å². The van der Waals surface area contributed by atoms with E-state index in [0.29, 0.717) is 19.1 Å². The fraction of sp³-hybridized carbons (Fsp3) is 0.611. The van der Waals surface area contributed by atoms with Gasteiger partial charge in [-0.1, -0.05) is 30.3 Å². The molecule has 0 unspecified atom stereocenters. The molecule has 2 fully saturated rings. The number of benzene rings is 1. The van der Waals surface area contributed by atoms with Crippen LogP contribution in [0.3, 0.4) is 0 Å². The fourth-order valence-corrected chi connectivity index (χ4v) is 3.32. The van der Waals surface area contributed by atoms with Crippen molar-refractivity contribution < 1.29 is 9.53 Å². The van der Waals surface area contributed by atoms with Crippen LogP contribution in [0.5, 0.6) is 0 Å². The Balaban J connectivity index is 1.42. The Morgan fingerprint density at radius 3 is 2.74 bits per heavy atom. The molecule has 1 aliphatic carbocycles. The first kappa shape index (κ1) is 16.3. The van der Waals surface area contributed by atoms with E-state index >= 15 is 0 Å². The molecule has 0 bridgehead atoms. The van der Waals surface area contributed by atoms with Crippen LogP contribution >= 0.6 is 0 Å². The molecule has 1 heterocycles. The maximum Gasteiger partial charge on any atom is 0.410 e. The second kappa shape index (κ2) is 7.79. The summed E-state index contributed by atoms with van der Waals surface area (Å²) in [5.41, 5.74) is 6.74. The number of amides is 1. The van der Waals surface area contributed by atoms with Crippen molar-refractivity contribution in [3.8, 4) is 0 Å². The normalized spacial score (nSPS) is 21.0.